The first kappa shape index (κ1) is 16.5. The number of benzene rings is 1. The first-order valence-electron chi connectivity index (χ1n) is 6.33. The van der Waals surface area contributed by atoms with Crippen LogP contribution in [0.2, 0.25) is 0 Å². The number of esters is 1. The SMILES string of the molecule is Cc1ccc(O)c(C(=O)O[C@H](C(=O)NC(N)=O)C(C)C)c1. The molecule has 1 aromatic rings. The summed E-state index contributed by atoms with van der Waals surface area (Å²) in [4.78, 5) is 34.5. The van der Waals surface area contributed by atoms with Crippen LogP contribution in [0.5, 0.6) is 5.75 Å². The van der Waals surface area contributed by atoms with Gasteiger partial charge in [0.15, 0.2) is 6.10 Å². The lowest BCUT2D eigenvalue weighted by molar-refractivity contribution is -0.130. The molecule has 114 valence electrons. The van der Waals surface area contributed by atoms with Crippen LogP contribution in [0.1, 0.15) is 29.8 Å². The minimum atomic E-state index is -1.19. The smallest absolute Gasteiger partial charge is 0.342 e. The number of imide groups is 1. The molecule has 7 nitrogen and oxygen atoms in total. The van der Waals surface area contributed by atoms with E-state index in [1.807, 2.05) is 5.32 Å². The number of phenols is 1. The number of rotatable bonds is 4. The number of phenolic OH excluding ortho intramolecular Hbond substituents is 1. The van der Waals surface area contributed by atoms with Crippen molar-refractivity contribution in [3.05, 3.63) is 29.3 Å². The van der Waals surface area contributed by atoms with Gasteiger partial charge < -0.3 is 15.6 Å². The van der Waals surface area contributed by atoms with E-state index in [9.17, 15) is 19.5 Å². The van der Waals surface area contributed by atoms with Crippen molar-refractivity contribution in [2.75, 3.05) is 0 Å². The highest BCUT2D eigenvalue weighted by Gasteiger charge is 2.28. The fourth-order valence-corrected chi connectivity index (χ4v) is 1.68. The van der Waals surface area contributed by atoms with Gasteiger partial charge in [-0.2, -0.15) is 0 Å². The molecule has 0 heterocycles. The lowest BCUT2D eigenvalue weighted by Crippen LogP contribution is -2.45. The van der Waals surface area contributed by atoms with Crippen LogP contribution in [-0.4, -0.2) is 29.1 Å². The molecule has 1 rings (SSSR count). The Morgan fingerprint density at radius 1 is 1.29 bits per heavy atom. The highest BCUT2D eigenvalue weighted by atomic mass is 16.5. The molecule has 3 amide bonds. The second kappa shape index (κ2) is 6.74. The lowest BCUT2D eigenvalue weighted by Gasteiger charge is -2.20. The van der Waals surface area contributed by atoms with Crippen molar-refractivity contribution in [2.45, 2.75) is 26.9 Å². The maximum Gasteiger partial charge on any atom is 0.342 e. The predicted molar refractivity (Wildman–Crippen MR) is 74.6 cm³/mol. The monoisotopic (exact) mass is 294 g/mol. The molecule has 0 radical (unpaired) electrons. The van der Waals surface area contributed by atoms with Gasteiger partial charge in [-0.05, 0) is 25.0 Å². The van der Waals surface area contributed by atoms with Gasteiger partial charge in [0.25, 0.3) is 5.91 Å². The summed E-state index contributed by atoms with van der Waals surface area (Å²) in [6.45, 7) is 5.04. The first-order chi connectivity index (χ1) is 9.72. The van der Waals surface area contributed by atoms with Crippen LogP contribution in [0.3, 0.4) is 0 Å². The Hall–Kier alpha value is -2.57. The predicted octanol–water partition coefficient (Wildman–Crippen LogP) is 1.08. The number of urea groups is 1. The normalized spacial score (nSPS) is 11.8. The largest absolute Gasteiger partial charge is 0.507 e. The standard InChI is InChI=1S/C14H18N2O5/c1-7(2)11(12(18)16-14(15)20)21-13(19)9-6-8(3)4-5-10(9)17/h4-7,11,17H,1-3H3,(H3,15,16,18,20)/t11-/m0/s1. The second-order valence-electron chi connectivity index (χ2n) is 4.94. The minimum Gasteiger partial charge on any atom is -0.507 e. The highest BCUT2D eigenvalue weighted by molar-refractivity contribution is 5.99. The number of hydrogen-bond donors (Lipinski definition) is 3. The van der Waals surface area contributed by atoms with E-state index in [4.69, 9.17) is 10.5 Å². The van der Waals surface area contributed by atoms with Gasteiger partial charge in [-0.3, -0.25) is 10.1 Å². The first-order valence-corrected chi connectivity index (χ1v) is 6.33. The van der Waals surface area contributed by atoms with Crippen LogP contribution in [0, 0.1) is 12.8 Å². The fourth-order valence-electron chi connectivity index (χ4n) is 1.68. The molecule has 0 aliphatic carbocycles. The molecular formula is C14H18N2O5. The summed E-state index contributed by atoms with van der Waals surface area (Å²) >= 11 is 0. The number of ether oxygens (including phenoxy) is 1. The van der Waals surface area contributed by atoms with E-state index in [2.05, 4.69) is 0 Å². The van der Waals surface area contributed by atoms with Crippen molar-refractivity contribution >= 4 is 17.9 Å². The number of amides is 3. The third-order valence-electron chi connectivity index (χ3n) is 2.72. The number of carbonyl (C=O) groups is 3. The van der Waals surface area contributed by atoms with Gasteiger partial charge >= 0.3 is 12.0 Å². The number of nitrogens with two attached hydrogens (primary N) is 1. The third-order valence-corrected chi connectivity index (χ3v) is 2.72. The lowest BCUT2D eigenvalue weighted by atomic mass is 10.1. The van der Waals surface area contributed by atoms with E-state index in [1.54, 1.807) is 26.8 Å². The average Bonchev–Trinajstić information content (AvgIpc) is 2.37. The van der Waals surface area contributed by atoms with Gasteiger partial charge in [-0.15, -0.1) is 0 Å². The topological polar surface area (TPSA) is 119 Å². The fraction of sp³-hybridized carbons (Fsp3) is 0.357. The molecule has 0 fully saturated rings. The molecule has 1 atom stereocenters. The second-order valence-corrected chi connectivity index (χ2v) is 4.94. The number of primary amides is 1. The molecule has 0 saturated carbocycles. The summed E-state index contributed by atoms with van der Waals surface area (Å²) in [5.74, 6) is -2.28. The summed E-state index contributed by atoms with van der Waals surface area (Å²) in [7, 11) is 0. The van der Waals surface area contributed by atoms with E-state index in [-0.39, 0.29) is 17.2 Å². The molecule has 1 aromatic carbocycles. The van der Waals surface area contributed by atoms with Crippen LogP contribution in [0.25, 0.3) is 0 Å². The van der Waals surface area contributed by atoms with Gasteiger partial charge in [0, 0.05) is 0 Å². The molecule has 0 spiro atoms. The summed E-state index contributed by atoms with van der Waals surface area (Å²) in [5.41, 5.74) is 5.57. The summed E-state index contributed by atoms with van der Waals surface area (Å²) in [6.07, 6.45) is -1.19. The molecule has 7 heteroatoms. The van der Waals surface area contributed by atoms with E-state index >= 15 is 0 Å². The minimum absolute atomic E-state index is 0.0486. The van der Waals surface area contributed by atoms with Crippen LogP contribution in [-0.2, 0) is 9.53 Å². The van der Waals surface area contributed by atoms with Crippen LogP contribution >= 0.6 is 0 Å². The Balaban J connectivity index is 2.93. The molecule has 0 bridgehead atoms. The summed E-state index contributed by atoms with van der Waals surface area (Å²) in [5, 5.41) is 11.5. The molecule has 4 N–H and O–H groups in total. The van der Waals surface area contributed by atoms with Gasteiger partial charge in [0.2, 0.25) is 0 Å². The van der Waals surface area contributed by atoms with Gasteiger partial charge in [-0.1, -0.05) is 25.5 Å². The quantitative estimate of drug-likeness (QED) is 0.718. The zero-order valence-corrected chi connectivity index (χ0v) is 12.0. The molecular weight excluding hydrogens is 276 g/mol. The number of aromatic hydroxyl groups is 1. The van der Waals surface area contributed by atoms with Gasteiger partial charge in [-0.25, -0.2) is 9.59 Å². The average molecular weight is 294 g/mol. The van der Waals surface area contributed by atoms with E-state index in [0.717, 1.165) is 5.56 Å². The Bertz CT molecular complexity index is 568. The molecule has 21 heavy (non-hydrogen) atoms. The Kier molecular flexibility index (Phi) is 5.29. The van der Waals surface area contributed by atoms with Crippen molar-refractivity contribution in [3.8, 4) is 5.75 Å². The number of aryl methyl sites for hydroxylation is 1. The number of nitrogens with one attached hydrogen (secondary N) is 1. The van der Waals surface area contributed by atoms with E-state index in [1.165, 1.54) is 12.1 Å². The number of hydrogen-bond acceptors (Lipinski definition) is 5. The maximum atomic E-state index is 12.0. The summed E-state index contributed by atoms with van der Waals surface area (Å²) < 4.78 is 5.08. The zero-order chi connectivity index (χ0) is 16.2. The molecule has 0 saturated heterocycles. The Morgan fingerprint density at radius 2 is 1.90 bits per heavy atom. The zero-order valence-electron chi connectivity index (χ0n) is 12.0. The number of carbonyl (C=O) groups excluding carboxylic acids is 3. The Labute approximate surface area is 122 Å². The van der Waals surface area contributed by atoms with Crippen molar-refractivity contribution in [2.24, 2.45) is 11.7 Å². The Morgan fingerprint density at radius 3 is 2.43 bits per heavy atom. The molecule has 0 aliphatic rings. The molecule has 0 unspecified atom stereocenters. The van der Waals surface area contributed by atoms with Crippen molar-refractivity contribution in [3.63, 3.8) is 0 Å². The van der Waals surface area contributed by atoms with Crippen molar-refractivity contribution in [1.82, 2.24) is 5.32 Å². The maximum absolute atomic E-state index is 12.0. The third kappa shape index (κ3) is 4.48. The summed E-state index contributed by atoms with van der Waals surface area (Å²) in [6, 6.07) is 3.41. The van der Waals surface area contributed by atoms with Crippen LogP contribution in [0.15, 0.2) is 18.2 Å². The van der Waals surface area contributed by atoms with Gasteiger partial charge in [0.1, 0.15) is 11.3 Å². The molecule has 0 aromatic heterocycles. The van der Waals surface area contributed by atoms with Gasteiger partial charge in [0.05, 0.1) is 0 Å². The van der Waals surface area contributed by atoms with Crippen molar-refractivity contribution in [1.29, 1.82) is 0 Å². The van der Waals surface area contributed by atoms with Crippen LogP contribution < -0.4 is 11.1 Å². The van der Waals surface area contributed by atoms with E-state index in [0.29, 0.717) is 0 Å². The van der Waals surface area contributed by atoms with E-state index < -0.39 is 24.0 Å². The van der Waals surface area contributed by atoms with Crippen molar-refractivity contribution < 1.29 is 24.2 Å². The van der Waals surface area contributed by atoms with Crippen LogP contribution in [0.4, 0.5) is 4.79 Å². The highest BCUT2D eigenvalue weighted by Crippen LogP contribution is 2.21. The molecule has 0 aliphatic heterocycles.